The molecule has 0 saturated heterocycles. The zero-order valence-electron chi connectivity index (χ0n) is 86.6. The maximum atomic E-state index is 12.1. The number of sulfone groups is 1. The van der Waals surface area contributed by atoms with E-state index in [0.717, 1.165) is 100.0 Å². The number of rotatable bonds is 0. The zero-order chi connectivity index (χ0) is 105. The van der Waals surface area contributed by atoms with Crippen molar-refractivity contribution in [1.29, 1.82) is 0 Å². The number of para-hydroxylation sites is 5. The maximum absolute atomic E-state index is 12.1. The number of nitrogens with one attached hydrogen (secondary N) is 4. The number of thiophene rings is 4. The van der Waals surface area contributed by atoms with E-state index in [1.54, 1.807) is 53.2 Å². The monoisotopic (exact) mass is 2060 g/mol. The summed E-state index contributed by atoms with van der Waals surface area (Å²) in [6, 6.07) is 110. The molecule has 1 aliphatic carbocycles. The van der Waals surface area contributed by atoms with E-state index in [9.17, 15) is 27.0 Å². The predicted octanol–water partition coefficient (Wildman–Crippen LogP) is 37.4. The summed E-state index contributed by atoms with van der Waals surface area (Å²) in [5, 5.41) is 33.7. The molecule has 4 amide bonds. The van der Waals surface area contributed by atoms with Gasteiger partial charge in [-0.05, 0) is 193 Å². The molecule has 0 bridgehead atoms. The van der Waals surface area contributed by atoms with E-state index in [1.807, 2.05) is 368 Å². The number of anilines is 3. The lowest BCUT2D eigenvalue weighted by molar-refractivity contribution is 0.151. The standard InChI is InChI=1S/C12H8O2S.C12H8OS.2C12H8S.C11H8N2.C10H7NS.C9H5NOS.C8H8N2O.C8H7NO2.C8H7NOS.10C2H6/c13-15(14)11-7-3-1-5-9(11)10-6-2-4-8-12(10)15;13-14-11-7-3-1-5-9(11)10-6-2-4-8-12(10)14;1-2-4-11-9(3-1)5-6-10-7-8-13-12(10)11;1-2-4-10-9(3-1)5-6-12-11(10)7-8-13-12;1-2-6-10-9(5-1)12-11-7-3-4-8-13(10)11;1-2-7-6-9-8(3-5-12-9)10(7)11-4-1;1-2-8-7(3-4-12-8)9-6(1)5-11-10-9;11-8-9-5-6-3-1-2-4-7(6)10-8;2*10-8-9-7-4-2-1-3-6(7)5-11-8;10*1-2/h1-8H;1-8H;3*1-8H;1-5H,6H2;1-5H;1-4H,5H2,(H2,9,10,11);2*1-4H,5H2,(H,9,10);10*1-2H3/p+1. The Bertz CT molecular complexity index is 7250. The zero-order valence-corrected chi connectivity index (χ0v) is 92.4. The largest absolute Gasteiger partial charge is 0.444 e. The number of nitrogens with zero attached hydrogens (tertiary/aromatic N) is 4. The normalized spacial score (nSPS) is 11.7. The van der Waals surface area contributed by atoms with Crippen LogP contribution in [0.15, 0.2) is 398 Å². The lowest BCUT2D eigenvalue weighted by Crippen LogP contribution is -2.33. The first-order chi connectivity index (χ1) is 71.4. The minimum Gasteiger partial charge on any atom is -0.444 e. The van der Waals surface area contributed by atoms with Gasteiger partial charge in [0.2, 0.25) is 9.84 Å². The number of ether oxygens (including phenoxy) is 1. The molecule has 13 heterocycles. The number of fused-ring (bicyclic) bond motifs is 24. The topological polar surface area (TPSA) is 216 Å². The Kier molecular flexibility index (Phi) is 50.1. The number of urea groups is 1. The summed E-state index contributed by atoms with van der Waals surface area (Å²) in [5.74, 6) is 0.794. The van der Waals surface area contributed by atoms with Gasteiger partial charge in [0.25, 0.3) is 5.24 Å². The van der Waals surface area contributed by atoms with Crippen LogP contribution in [0.2, 0.25) is 0 Å². The fraction of sp³-hybridized carbons (Fsp3) is 0.197. The number of pyridine rings is 2. The lowest BCUT2D eigenvalue weighted by Gasteiger charge is -2.17. The number of thioether (sulfide) groups is 1. The summed E-state index contributed by atoms with van der Waals surface area (Å²) in [5.41, 5.74) is 18.1. The molecular weight excluding hydrogens is 1930 g/mol. The van der Waals surface area contributed by atoms with Gasteiger partial charge in [-0.1, -0.05) is 366 Å². The van der Waals surface area contributed by atoms with Gasteiger partial charge in [0, 0.05) is 111 Å². The Labute approximate surface area is 879 Å². The number of carbonyl (C=O) groups is 3. The van der Waals surface area contributed by atoms with Gasteiger partial charge in [0.05, 0.1) is 32.2 Å². The van der Waals surface area contributed by atoms with Crippen LogP contribution >= 0.6 is 57.1 Å². The van der Waals surface area contributed by atoms with Crippen molar-refractivity contribution >= 4 is 192 Å². The third kappa shape index (κ3) is 30.1. The van der Waals surface area contributed by atoms with Gasteiger partial charge < -0.3 is 25.2 Å². The number of hydrogen-bond donors (Lipinski definition) is 4. The molecule has 752 valence electrons. The lowest BCUT2D eigenvalue weighted by atomic mass is 10.1. The first kappa shape index (κ1) is 116. The van der Waals surface area contributed by atoms with Crippen LogP contribution in [0.3, 0.4) is 0 Å². The molecule has 5 aliphatic heterocycles. The number of imidazole rings is 1. The van der Waals surface area contributed by atoms with Gasteiger partial charge in [-0.25, -0.2) is 23.0 Å². The molecule has 21 aromatic rings. The number of amides is 4. The molecule has 0 saturated carbocycles. The van der Waals surface area contributed by atoms with E-state index in [-0.39, 0.29) is 17.4 Å². The number of benzene rings is 13. The van der Waals surface area contributed by atoms with Crippen LogP contribution in [-0.2, 0) is 54.9 Å². The molecule has 0 fully saturated rings. The first-order valence-corrected chi connectivity index (χ1v) is 57.1. The molecule has 145 heavy (non-hydrogen) atoms. The minimum atomic E-state index is -3.26. The highest BCUT2D eigenvalue weighted by molar-refractivity contribution is 8.13. The second kappa shape index (κ2) is 62.5. The van der Waals surface area contributed by atoms with Crippen LogP contribution in [0, 0.1) is 0 Å². The summed E-state index contributed by atoms with van der Waals surface area (Å²) in [6.45, 7) is 41.0. The highest BCUT2D eigenvalue weighted by atomic mass is 32.2. The first-order valence-electron chi connectivity index (χ1n) is 49.9. The highest BCUT2D eigenvalue weighted by Gasteiger charge is 2.33. The average Bonchev–Trinajstić information content (AvgIpc) is 1.59. The van der Waals surface area contributed by atoms with Gasteiger partial charge in [0.1, 0.15) is 34.8 Å². The van der Waals surface area contributed by atoms with Crippen molar-refractivity contribution in [3.63, 3.8) is 0 Å². The molecule has 0 radical (unpaired) electrons. The Morgan fingerprint density at radius 3 is 1.52 bits per heavy atom. The van der Waals surface area contributed by atoms with E-state index >= 15 is 0 Å². The maximum Gasteiger partial charge on any atom is 0.411 e. The van der Waals surface area contributed by atoms with E-state index in [0.29, 0.717) is 22.9 Å². The SMILES string of the molecule is CC.CC.CC.CC.CC.CC.CC.CC.CC.CC.O=C1NCc2ccccc2N1.O=C1Nc2ccccc2CO1.O=C1Nc2ccccc2CS1.O=S1(=O)c2ccccc2-c2ccccc21.O=[SH+]1c2ccccc2-c2ccccc21.c1cc2c(ccc3conc32)s1.c1ccc2c(c1)ccc1ccsc12.c1ccc2c(c1)ccc1sccc12.c1ccc2c(c1)nc1ccccn12.c1cnc2c(c1)Cc1sccc1-2. The average molecular weight is 2070 g/mol. The summed E-state index contributed by atoms with van der Waals surface area (Å²) in [4.78, 5) is 45.5. The van der Waals surface area contributed by atoms with Crippen molar-refractivity contribution in [2.75, 3.05) is 16.0 Å². The van der Waals surface area contributed by atoms with Crippen LogP contribution in [-0.4, -0.2) is 45.3 Å². The van der Waals surface area contributed by atoms with Gasteiger partial charge in [-0.3, -0.25) is 19.5 Å². The Morgan fingerprint density at radius 2 is 0.869 bits per heavy atom. The molecular formula is C122H135N8O8S7+. The third-order valence-corrected chi connectivity index (χ3v) is 29.2. The number of thiol groups is 1. The van der Waals surface area contributed by atoms with Crippen LogP contribution in [0.1, 0.15) is 166 Å². The Balaban J connectivity index is 0.000000193. The van der Waals surface area contributed by atoms with E-state index in [1.165, 1.54) is 90.8 Å². The molecule has 13 aromatic carbocycles. The molecule has 6 aliphatic rings. The molecule has 0 unspecified atom stereocenters. The summed E-state index contributed by atoms with van der Waals surface area (Å²) in [7, 11) is -4.61. The second-order valence-corrected chi connectivity index (χ2v) is 37.1. The Hall–Kier alpha value is -14.0. The minimum absolute atomic E-state index is 0.0451. The quantitative estimate of drug-likeness (QED) is 0.0824. The van der Waals surface area contributed by atoms with Crippen molar-refractivity contribution in [2.45, 2.75) is 183 Å². The van der Waals surface area contributed by atoms with Gasteiger partial charge >= 0.3 is 12.1 Å². The number of carbonyl (C=O) groups excluding carboxylic acids is 3. The van der Waals surface area contributed by atoms with Gasteiger partial charge in [-0.15, -0.1) is 45.3 Å². The van der Waals surface area contributed by atoms with Crippen LogP contribution in [0.4, 0.5) is 31.4 Å². The summed E-state index contributed by atoms with van der Waals surface area (Å²) >= 11 is 8.48. The van der Waals surface area contributed by atoms with Crippen molar-refractivity contribution in [1.82, 2.24) is 24.8 Å². The van der Waals surface area contributed by atoms with Crippen LogP contribution < -0.4 is 21.3 Å². The van der Waals surface area contributed by atoms with E-state index in [4.69, 9.17) is 9.26 Å². The number of aromatic nitrogens is 4. The molecule has 4 N–H and O–H groups in total. The van der Waals surface area contributed by atoms with Crippen LogP contribution in [0.25, 0.3) is 113 Å². The molecule has 27 rings (SSSR count). The van der Waals surface area contributed by atoms with Crippen LogP contribution in [0.5, 0.6) is 0 Å². The number of cyclic esters (lactones) is 1. The van der Waals surface area contributed by atoms with Crippen molar-refractivity contribution < 1.29 is 36.3 Å². The van der Waals surface area contributed by atoms with Crippen molar-refractivity contribution in [3.8, 4) is 33.5 Å². The molecule has 0 atom stereocenters. The Morgan fingerprint density at radius 1 is 0.386 bits per heavy atom. The highest BCUT2D eigenvalue weighted by Crippen LogP contribution is 2.44. The van der Waals surface area contributed by atoms with Crippen molar-refractivity contribution in [3.05, 3.63) is 401 Å². The van der Waals surface area contributed by atoms with E-state index in [2.05, 4.69) is 178 Å². The van der Waals surface area contributed by atoms with Gasteiger partial charge in [0.15, 0.2) is 9.79 Å². The predicted molar refractivity (Wildman–Crippen MR) is 629 cm³/mol. The summed E-state index contributed by atoms with van der Waals surface area (Å²) < 4.78 is 52.0. The fourth-order valence-electron chi connectivity index (χ4n) is 15.2. The molecule has 23 heteroatoms. The molecule has 8 aromatic heterocycles. The van der Waals surface area contributed by atoms with E-state index < -0.39 is 20.6 Å². The van der Waals surface area contributed by atoms with Crippen molar-refractivity contribution in [2.24, 2.45) is 0 Å². The molecule has 16 nitrogen and oxygen atoms in total. The van der Waals surface area contributed by atoms with Gasteiger partial charge in [-0.2, -0.15) is 0 Å². The second-order valence-electron chi connectivity index (χ2n) is 28.9. The fourth-order valence-corrected chi connectivity index (χ4v) is 22.6. The summed E-state index contributed by atoms with van der Waals surface area (Å²) in [6.07, 6.45) is 6.28. The number of hydrogen-bond acceptors (Lipinski definition) is 16. The molecule has 0 spiro atoms. The smallest absolute Gasteiger partial charge is 0.411 e. The third-order valence-electron chi connectivity index (χ3n) is 21.2.